The first-order chi connectivity index (χ1) is 16.2. The lowest BCUT2D eigenvalue weighted by Crippen LogP contribution is -2.24. The molecule has 9 heteroatoms. The Bertz CT molecular complexity index is 1250. The van der Waals surface area contributed by atoms with E-state index in [1.165, 1.54) is 6.21 Å². The third-order valence-electron chi connectivity index (χ3n) is 4.73. The molecule has 0 fully saturated rings. The monoisotopic (exact) mass is 561 g/mol. The Hall–Kier alpha value is -2.87. The molecular weight excluding hydrogens is 541 g/mol. The van der Waals surface area contributed by atoms with Crippen molar-refractivity contribution in [2.24, 2.45) is 5.10 Å². The van der Waals surface area contributed by atoms with E-state index in [0.717, 1.165) is 22.3 Å². The van der Waals surface area contributed by atoms with Crippen LogP contribution in [0.25, 0.3) is 0 Å². The van der Waals surface area contributed by atoms with Gasteiger partial charge in [0.25, 0.3) is 0 Å². The number of carbonyl (C=O) groups is 2. The number of anilines is 1. The van der Waals surface area contributed by atoms with E-state index in [4.69, 9.17) is 27.9 Å². The Labute approximate surface area is 216 Å². The summed E-state index contributed by atoms with van der Waals surface area (Å²) in [6.07, 6.45) is 1.14. The van der Waals surface area contributed by atoms with Crippen molar-refractivity contribution >= 4 is 62.8 Å². The highest BCUT2D eigenvalue weighted by Crippen LogP contribution is 2.28. The zero-order chi connectivity index (χ0) is 24.7. The van der Waals surface area contributed by atoms with Gasteiger partial charge in [-0.2, -0.15) is 5.10 Å². The maximum absolute atomic E-state index is 12.1. The topological polar surface area (TPSA) is 79.8 Å². The normalized spacial score (nSPS) is 10.9. The Morgan fingerprint density at radius 1 is 1.03 bits per heavy atom. The Kier molecular flexibility index (Phi) is 9.10. The SMILES string of the molecule is Cc1ccc(NC(=O)CC(=O)NN=Cc2ccc(OCc3ccc(Cl)cc3Cl)c(Br)c2)c(C)c1. The summed E-state index contributed by atoms with van der Waals surface area (Å²) in [5.74, 6) is -0.308. The quantitative estimate of drug-likeness (QED) is 0.188. The average molecular weight is 563 g/mol. The lowest BCUT2D eigenvalue weighted by Gasteiger charge is -2.10. The molecular formula is C25H22BrCl2N3O3. The average Bonchev–Trinajstić information content (AvgIpc) is 2.76. The second-order valence-corrected chi connectivity index (χ2v) is 9.25. The molecule has 0 unspecified atom stereocenters. The van der Waals surface area contributed by atoms with Gasteiger partial charge in [0, 0.05) is 21.3 Å². The molecule has 0 aromatic heterocycles. The first-order valence-electron chi connectivity index (χ1n) is 10.3. The summed E-state index contributed by atoms with van der Waals surface area (Å²) in [6.45, 7) is 4.15. The molecule has 6 nitrogen and oxygen atoms in total. The summed E-state index contributed by atoms with van der Waals surface area (Å²) >= 11 is 15.6. The van der Waals surface area contributed by atoms with Gasteiger partial charge in [-0.25, -0.2) is 5.43 Å². The van der Waals surface area contributed by atoms with Crippen LogP contribution in [0.5, 0.6) is 5.75 Å². The van der Waals surface area contributed by atoms with E-state index < -0.39 is 11.8 Å². The zero-order valence-corrected chi connectivity index (χ0v) is 21.6. The summed E-state index contributed by atoms with van der Waals surface area (Å²) in [5, 5.41) is 7.75. The van der Waals surface area contributed by atoms with Crippen molar-refractivity contribution in [3.05, 3.63) is 91.4 Å². The number of aryl methyl sites for hydroxylation is 2. The highest BCUT2D eigenvalue weighted by molar-refractivity contribution is 9.10. The summed E-state index contributed by atoms with van der Waals surface area (Å²) in [5.41, 5.74) is 6.61. The molecule has 3 aromatic carbocycles. The van der Waals surface area contributed by atoms with Crippen molar-refractivity contribution in [1.29, 1.82) is 0 Å². The minimum Gasteiger partial charge on any atom is -0.488 e. The molecule has 0 saturated carbocycles. The van der Waals surface area contributed by atoms with Crippen molar-refractivity contribution in [2.75, 3.05) is 5.32 Å². The van der Waals surface area contributed by atoms with Gasteiger partial charge in [-0.3, -0.25) is 9.59 Å². The molecule has 0 bridgehead atoms. The maximum atomic E-state index is 12.1. The van der Waals surface area contributed by atoms with Gasteiger partial charge in [0.05, 0.1) is 10.7 Å². The van der Waals surface area contributed by atoms with Crippen LogP contribution in [-0.2, 0) is 16.2 Å². The van der Waals surface area contributed by atoms with Gasteiger partial charge in [-0.15, -0.1) is 0 Å². The van der Waals surface area contributed by atoms with Crippen molar-refractivity contribution in [3.63, 3.8) is 0 Å². The minimum absolute atomic E-state index is 0.280. The first-order valence-corrected chi connectivity index (χ1v) is 11.8. The van der Waals surface area contributed by atoms with Crippen LogP contribution in [0.3, 0.4) is 0 Å². The second kappa shape index (κ2) is 12.0. The molecule has 0 atom stereocenters. The number of amides is 2. The zero-order valence-electron chi connectivity index (χ0n) is 18.5. The van der Waals surface area contributed by atoms with Crippen LogP contribution in [0, 0.1) is 13.8 Å². The largest absolute Gasteiger partial charge is 0.488 e. The lowest BCUT2D eigenvalue weighted by atomic mass is 10.1. The van der Waals surface area contributed by atoms with Gasteiger partial charge in [0.15, 0.2) is 0 Å². The second-order valence-electron chi connectivity index (χ2n) is 7.55. The van der Waals surface area contributed by atoms with E-state index in [9.17, 15) is 9.59 Å². The Morgan fingerprint density at radius 3 is 2.53 bits per heavy atom. The number of carbonyl (C=O) groups excluding carboxylic acids is 2. The van der Waals surface area contributed by atoms with E-state index in [0.29, 0.717) is 26.0 Å². The van der Waals surface area contributed by atoms with Crippen LogP contribution in [0.15, 0.2) is 64.2 Å². The van der Waals surface area contributed by atoms with Crippen LogP contribution >= 0.6 is 39.1 Å². The van der Waals surface area contributed by atoms with Crippen LogP contribution < -0.4 is 15.5 Å². The van der Waals surface area contributed by atoms with Gasteiger partial charge in [-0.1, -0.05) is 47.0 Å². The van der Waals surface area contributed by atoms with Crippen LogP contribution in [-0.4, -0.2) is 18.0 Å². The fraction of sp³-hybridized carbons (Fsp3) is 0.160. The fourth-order valence-electron chi connectivity index (χ4n) is 3.02. The van der Waals surface area contributed by atoms with Gasteiger partial charge < -0.3 is 10.1 Å². The van der Waals surface area contributed by atoms with E-state index in [1.54, 1.807) is 30.3 Å². The molecule has 0 aliphatic heterocycles. The maximum Gasteiger partial charge on any atom is 0.249 e. The number of rotatable bonds is 8. The molecule has 176 valence electrons. The standard InChI is InChI=1S/C25H22BrCl2N3O3/c1-15-3-7-22(16(2)9-15)30-24(32)12-25(33)31-29-13-17-4-8-23(20(26)10-17)34-14-18-5-6-19(27)11-21(18)28/h3-11,13H,12,14H2,1-2H3,(H,30,32)(H,31,33). The molecule has 3 aromatic rings. The predicted octanol–water partition coefficient (Wildman–Crippen LogP) is 6.43. The number of hydrazone groups is 1. The van der Waals surface area contributed by atoms with Gasteiger partial charge in [-0.05, 0) is 77.3 Å². The van der Waals surface area contributed by atoms with Gasteiger partial charge >= 0.3 is 0 Å². The number of benzene rings is 3. The number of ether oxygens (including phenoxy) is 1. The molecule has 0 aliphatic rings. The van der Waals surface area contributed by atoms with Gasteiger partial charge in [0.1, 0.15) is 18.8 Å². The molecule has 0 spiro atoms. The molecule has 34 heavy (non-hydrogen) atoms. The first kappa shape index (κ1) is 25.7. The molecule has 3 rings (SSSR count). The van der Waals surface area contributed by atoms with E-state index >= 15 is 0 Å². The number of nitrogens with one attached hydrogen (secondary N) is 2. The Balaban J connectivity index is 1.49. The third-order valence-corrected chi connectivity index (χ3v) is 5.94. The fourth-order valence-corrected chi connectivity index (χ4v) is 4.00. The summed E-state index contributed by atoms with van der Waals surface area (Å²) < 4.78 is 6.52. The van der Waals surface area contributed by atoms with E-state index in [2.05, 4.69) is 31.8 Å². The predicted molar refractivity (Wildman–Crippen MR) is 140 cm³/mol. The lowest BCUT2D eigenvalue weighted by molar-refractivity contribution is -0.126. The van der Waals surface area contributed by atoms with Crippen molar-refractivity contribution < 1.29 is 14.3 Å². The van der Waals surface area contributed by atoms with E-state index in [1.807, 2.05) is 38.1 Å². The van der Waals surface area contributed by atoms with Crippen LogP contribution in [0.4, 0.5) is 5.69 Å². The third kappa shape index (κ3) is 7.58. The minimum atomic E-state index is -0.516. The molecule has 0 aliphatic carbocycles. The molecule has 0 heterocycles. The molecule has 2 N–H and O–H groups in total. The van der Waals surface area contributed by atoms with E-state index in [-0.39, 0.29) is 13.0 Å². The highest BCUT2D eigenvalue weighted by Gasteiger charge is 2.10. The Morgan fingerprint density at radius 2 is 1.82 bits per heavy atom. The number of hydrogen-bond donors (Lipinski definition) is 2. The number of halogens is 3. The highest BCUT2D eigenvalue weighted by atomic mass is 79.9. The number of hydrogen-bond acceptors (Lipinski definition) is 4. The van der Waals surface area contributed by atoms with Crippen molar-refractivity contribution in [2.45, 2.75) is 26.9 Å². The van der Waals surface area contributed by atoms with Crippen LogP contribution in [0.1, 0.15) is 28.7 Å². The number of nitrogens with zero attached hydrogens (tertiary/aromatic N) is 1. The molecule has 2 amide bonds. The summed E-state index contributed by atoms with van der Waals surface area (Å²) in [6, 6.07) is 16.2. The molecule has 0 saturated heterocycles. The van der Waals surface area contributed by atoms with Crippen molar-refractivity contribution in [1.82, 2.24) is 5.43 Å². The van der Waals surface area contributed by atoms with Crippen molar-refractivity contribution in [3.8, 4) is 5.75 Å². The van der Waals surface area contributed by atoms with Crippen LogP contribution in [0.2, 0.25) is 10.0 Å². The van der Waals surface area contributed by atoms with Gasteiger partial charge in [0.2, 0.25) is 11.8 Å². The smallest absolute Gasteiger partial charge is 0.249 e. The summed E-state index contributed by atoms with van der Waals surface area (Å²) in [4.78, 5) is 24.1. The molecule has 0 radical (unpaired) electrons. The summed E-state index contributed by atoms with van der Waals surface area (Å²) in [7, 11) is 0.